The van der Waals surface area contributed by atoms with E-state index in [1.54, 1.807) is 12.4 Å². The van der Waals surface area contributed by atoms with Gasteiger partial charge in [0.25, 0.3) is 0 Å². The average Bonchev–Trinajstić information content (AvgIpc) is 2.17. The molecular weight excluding hydrogens is 179 g/mol. The third-order valence-corrected chi connectivity index (χ3v) is 1.86. The lowest BCUT2D eigenvalue weighted by Gasteiger charge is -1.97. The minimum atomic E-state index is -0.215. The molecule has 0 unspecified atom stereocenters. The summed E-state index contributed by atoms with van der Waals surface area (Å²) in [5.74, 6) is -0.215. The standard InChI is InChI=1S/C11H9FN2/c1-8(12)6-9-2-3-10-11(7-9)14-5-4-13-10/h2-7H,1H3. The van der Waals surface area contributed by atoms with Crippen molar-refractivity contribution in [3.05, 3.63) is 42.0 Å². The Bertz CT molecular complexity index is 487. The summed E-state index contributed by atoms with van der Waals surface area (Å²) >= 11 is 0. The van der Waals surface area contributed by atoms with Gasteiger partial charge in [-0.25, -0.2) is 4.39 Å². The van der Waals surface area contributed by atoms with Crippen LogP contribution in [0.4, 0.5) is 4.39 Å². The molecule has 0 aliphatic rings. The summed E-state index contributed by atoms with van der Waals surface area (Å²) in [5, 5.41) is 0. The molecule has 2 nitrogen and oxygen atoms in total. The quantitative estimate of drug-likeness (QED) is 0.687. The highest BCUT2D eigenvalue weighted by molar-refractivity contribution is 5.77. The fourth-order valence-electron chi connectivity index (χ4n) is 1.30. The van der Waals surface area contributed by atoms with E-state index in [-0.39, 0.29) is 5.83 Å². The minimum Gasteiger partial charge on any atom is -0.253 e. The van der Waals surface area contributed by atoms with Gasteiger partial charge < -0.3 is 0 Å². The molecule has 0 amide bonds. The van der Waals surface area contributed by atoms with Gasteiger partial charge in [-0.2, -0.15) is 0 Å². The van der Waals surface area contributed by atoms with Crippen molar-refractivity contribution in [1.29, 1.82) is 0 Å². The molecule has 0 atom stereocenters. The van der Waals surface area contributed by atoms with E-state index in [9.17, 15) is 4.39 Å². The molecule has 0 saturated heterocycles. The van der Waals surface area contributed by atoms with Crippen molar-refractivity contribution >= 4 is 17.1 Å². The first-order valence-electron chi connectivity index (χ1n) is 4.30. The summed E-state index contributed by atoms with van der Waals surface area (Å²) in [5.41, 5.74) is 2.40. The molecule has 2 aromatic rings. The van der Waals surface area contributed by atoms with Gasteiger partial charge in [-0.1, -0.05) is 6.07 Å². The lowest BCUT2D eigenvalue weighted by atomic mass is 10.2. The molecule has 0 aliphatic carbocycles. The van der Waals surface area contributed by atoms with Crippen LogP contribution in [0.25, 0.3) is 17.1 Å². The van der Waals surface area contributed by atoms with Gasteiger partial charge in [0.05, 0.1) is 16.9 Å². The van der Waals surface area contributed by atoms with Crippen LogP contribution in [0.2, 0.25) is 0 Å². The first kappa shape index (κ1) is 8.81. The Kier molecular flexibility index (Phi) is 2.23. The highest BCUT2D eigenvalue weighted by Crippen LogP contribution is 2.13. The van der Waals surface area contributed by atoms with Crippen LogP contribution in [-0.2, 0) is 0 Å². The molecule has 0 bridgehead atoms. The van der Waals surface area contributed by atoms with Gasteiger partial charge in [0, 0.05) is 12.4 Å². The van der Waals surface area contributed by atoms with Crippen molar-refractivity contribution in [2.24, 2.45) is 0 Å². The van der Waals surface area contributed by atoms with E-state index in [0.29, 0.717) is 0 Å². The van der Waals surface area contributed by atoms with Gasteiger partial charge in [-0.05, 0) is 30.7 Å². The monoisotopic (exact) mass is 188 g/mol. The van der Waals surface area contributed by atoms with Crippen molar-refractivity contribution in [2.75, 3.05) is 0 Å². The van der Waals surface area contributed by atoms with Gasteiger partial charge in [0.15, 0.2) is 0 Å². The van der Waals surface area contributed by atoms with Crippen molar-refractivity contribution < 1.29 is 4.39 Å². The Morgan fingerprint density at radius 2 is 1.93 bits per heavy atom. The Hall–Kier alpha value is -1.77. The van der Waals surface area contributed by atoms with Gasteiger partial charge in [0.1, 0.15) is 0 Å². The van der Waals surface area contributed by atoms with Gasteiger partial charge in [-0.3, -0.25) is 9.97 Å². The SMILES string of the molecule is CC(F)=Cc1ccc2nccnc2c1. The third-order valence-electron chi connectivity index (χ3n) is 1.86. The van der Waals surface area contributed by atoms with Crippen LogP contribution < -0.4 is 0 Å². The largest absolute Gasteiger partial charge is 0.253 e. The van der Waals surface area contributed by atoms with Crippen molar-refractivity contribution in [2.45, 2.75) is 6.92 Å². The maximum atomic E-state index is 12.6. The summed E-state index contributed by atoms with van der Waals surface area (Å²) < 4.78 is 12.6. The molecule has 14 heavy (non-hydrogen) atoms. The Balaban J connectivity index is 2.57. The van der Waals surface area contributed by atoms with Crippen LogP contribution in [0.15, 0.2) is 36.4 Å². The molecule has 0 spiro atoms. The predicted molar refractivity (Wildman–Crippen MR) is 54.3 cm³/mol. The molecule has 3 heteroatoms. The number of rotatable bonds is 1. The number of hydrogen-bond donors (Lipinski definition) is 0. The first-order valence-corrected chi connectivity index (χ1v) is 4.30. The maximum absolute atomic E-state index is 12.6. The smallest absolute Gasteiger partial charge is 0.0974 e. The summed E-state index contributed by atoms with van der Waals surface area (Å²) in [6.07, 6.45) is 4.73. The van der Waals surface area contributed by atoms with E-state index in [4.69, 9.17) is 0 Å². The van der Waals surface area contributed by atoms with Crippen LogP contribution in [0.1, 0.15) is 12.5 Å². The number of halogens is 1. The number of nitrogens with zero attached hydrogens (tertiary/aromatic N) is 2. The Morgan fingerprint density at radius 1 is 1.21 bits per heavy atom. The molecular formula is C11H9FN2. The number of fused-ring (bicyclic) bond motifs is 1. The topological polar surface area (TPSA) is 25.8 Å². The molecule has 0 N–H and O–H groups in total. The lowest BCUT2D eigenvalue weighted by molar-refractivity contribution is 0.648. The molecule has 1 heterocycles. The van der Waals surface area contributed by atoms with Crippen molar-refractivity contribution in [3.63, 3.8) is 0 Å². The highest BCUT2D eigenvalue weighted by Gasteiger charge is 1.95. The Labute approximate surface area is 81.1 Å². The number of benzene rings is 1. The molecule has 70 valence electrons. The van der Waals surface area contributed by atoms with Crippen LogP contribution in [0.3, 0.4) is 0 Å². The van der Waals surface area contributed by atoms with E-state index >= 15 is 0 Å². The molecule has 2 rings (SSSR count). The van der Waals surface area contributed by atoms with Crippen LogP contribution in [-0.4, -0.2) is 9.97 Å². The maximum Gasteiger partial charge on any atom is 0.0974 e. The van der Waals surface area contributed by atoms with E-state index in [2.05, 4.69) is 9.97 Å². The fourth-order valence-corrected chi connectivity index (χ4v) is 1.30. The molecule has 1 aromatic carbocycles. The van der Waals surface area contributed by atoms with Crippen molar-refractivity contribution in [3.8, 4) is 0 Å². The molecule has 0 saturated carbocycles. The van der Waals surface area contributed by atoms with E-state index in [1.165, 1.54) is 13.0 Å². The third kappa shape index (κ3) is 1.76. The second kappa shape index (κ2) is 3.54. The van der Waals surface area contributed by atoms with Gasteiger partial charge in [0.2, 0.25) is 0 Å². The second-order valence-electron chi connectivity index (χ2n) is 3.04. The summed E-state index contributed by atoms with van der Waals surface area (Å²) in [6.45, 7) is 1.42. The number of allylic oxidation sites excluding steroid dienone is 1. The number of hydrogen-bond acceptors (Lipinski definition) is 2. The zero-order valence-corrected chi connectivity index (χ0v) is 7.74. The van der Waals surface area contributed by atoms with Gasteiger partial charge in [-0.15, -0.1) is 0 Å². The second-order valence-corrected chi connectivity index (χ2v) is 3.04. The fraction of sp³-hybridized carbons (Fsp3) is 0.0909. The Morgan fingerprint density at radius 3 is 2.64 bits per heavy atom. The number of aromatic nitrogens is 2. The highest BCUT2D eigenvalue weighted by atomic mass is 19.1. The zero-order valence-electron chi connectivity index (χ0n) is 7.74. The zero-order chi connectivity index (χ0) is 9.97. The predicted octanol–water partition coefficient (Wildman–Crippen LogP) is 2.96. The molecule has 0 aliphatic heterocycles. The molecule has 0 fully saturated rings. The summed E-state index contributed by atoms with van der Waals surface area (Å²) in [4.78, 5) is 8.26. The van der Waals surface area contributed by atoms with Crippen LogP contribution >= 0.6 is 0 Å². The van der Waals surface area contributed by atoms with E-state index in [1.807, 2.05) is 18.2 Å². The van der Waals surface area contributed by atoms with E-state index in [0.717, 1.165) is 16.6 Å². The van der Waals surface area contributed by atoms with Crippen molar-refractivity contribution in [1.82, 2.24) is 9.97 Å². The van der Waals surface area contributed by atoms with Gasteiger partial charge >= 0.3 is 0 Å². The molecule has 0 radical (unpaired) electrons. The summed E-state index contributed by atoms with van der Waals surface area (Å²) in [7, 11) is 0. The lowest BCUT2D eigenvalue weighted by Crippen LogP contribution is -1.82. The molecule has 1 aromatic heterocycles. The normalized spacial score (nSPS) is 12.0. The first-order chi connectivity index (χ1) is 6.75. The summed E-state index contributed by atoms with van der Waals surface area (Å²) in [6, 6.07) is 5.46. The minimum absolute atomic E-state index is 0.215. The van der Waals surface area contributed by atoms with E-state index < -0.39 is 0 Å². The average molecular weight is 188 g/mol. The van der Waals surface area contributed by atoms with Crippen LogP contribution in [0, 0.1) is 0 Å². The van der Waals surface area contributed by atoms with Crippen LogP contribution in [0.5, 0.6) is 0 Å².